The lowest BCUT2D eigenvalue weighted by Gasteiger charge is -2.22. The van der Waals surface area contributed by atoms with Gasteiger partial charge in [-0.3, -0.25) is 4.79 Å². The Morgan fingerprint density at radius 1 is 1.29 bits per heavy atom. The minimum Gasteiger partial charge on any atom is -0.381 e. The van der Waals surface area contributed by atoms with Crippen LogP contribution in [0.2, 0.25) is 0 Å². The third-order valence-corrected chi connectivity index (χ3v) is 5.10. The highest BCUT2D eigenvalue weighted by atomic mass is 32.2. The second-order valence-corrected chi connectivity index (χ2v) is 7.33. The fourth-order valence-electron chi connectivity index (χ4n) is 2.34. The molecule has 0 saturated carbocycles. The molecule has 0 spiro atoms. The van der Waals surface area contributed by atoms with Crippen LogP contribution in [0.25, 0.3) is 0 Å². The van der Waals surface area contributed by atoms with Crippen molar-refractivity contribution >= 4 is 15.9 Å². The molecule has 1 saturated heterocycles. The zero-order chi connectivity index (χ0) is 17.6. The predicted octanol–water partition coefficient (Wildman–Crippen LogP) is 1.39. The first-order valence-electron chi connectivity index (χ1n) is 7.62. The van der Waals surface area contributed by atoms with E-state index in [1.54, 1.807) is 0 Å². The lowest BCUT2D eigenvalue weighted by molar-refractivity contribution is 0.0568. The Bertz CT molecular complexity index is 644. The number of hydrogen-bond donors (Lipinski definition) is 2. The number of benzene rings is 1. The van der Waals surface area contributed by atoms with Crippen LogP contribution in [-0.4, -0.2) is 47.1 Å². The molecule has 2 rings (SSSR count). The zero-order valence-corrected chi connectivity index (χ0v) is 13.8. The average Bonchev–Trinajstić information content (AvgIpc) is 2.59. The third-order valence-electron chi connectivity index (χ3n) is 3.66. The van der Waals surface area contributed by atoms with Gasteiger partial charge in [-0.15, -0.1) is 0 Å². The number of rotatable bonds is 7. The topological polar surface area (TPSA) is 84.5 Å². The molecule has 24 heavy (non-hydrogen) atoms. The van der Waals surface area contributed by atoms with E-state index in [1.807, 2.05) is 0 Å². The summed E-state index contributed by atoms with van der Waals surface area (Å²) in [5.41, 5.74) is 0.121. The summed E-state index contributed by atoms with van der Waals surface area (Å²) in [6.45, 7) is 0.785. The number of alkyl halides is 2. The highest BCUT2D eigenvalue weighted by molar-refractivity contribution is 7.89. The van der Waals surface area contributed by atoms with Crippen molar-refractivity contribution in [1.82, 2.24) is 10.0 Å². The van der Waals surface area contributed by atoms with E-state index in [9.17, 15) is 22.0 Å². The molecule has 2 N–H and O–H groups in total. The van der Waals surface area contributed by atoms with E-state index in [0.29, 0.717) is 19.8 Å². The van der Waals surface area contributed by atoms with Gasteiger partial charge in [0.2, 0.25) is 10.0 Å². The van der Waals surface area contributed by atoms with Crippen LogP contribution in [0.3, 0.4) is 0 Å². The van der Waals surface area contributed by atoms with Crippen LogP contribution in [-0.2, 0) is 14.8 Å². The van der Waals surface area contributed by atoms with Crippen molar-refractivity contribution in [1.29, 1.82) is 0 Å². The molecule has 0 aliphatic carbocycles. The van der Waals surface area contributed by atoms with Gasteiger partial charge in [0.25, 0.3) is 12.3 Å². The van der Waals surface area contributed by atoms with Crippen LogP contribution in [0.1, 0.15) is 23.2 Å². The summed E-state index contributed by atoms with van der Waals surface area (Å²) in [5, 5.41) is 2.06. The van der Waals surface area contributed by atoms with Crippen molar-refractivity contribution in [3.05, 3.63) is 29.8 Å². The number of carbonyl (C=O) groups is 1. The lowest BCUT2D eigenvalue weighted by atomic mass is 10.0. The van der Waals surface area contributed by atoms with Gasteiger partial charge in [-0.25, -0.2) is 21.9 Å². The van der Waals surface area contributed by atoms with E-state index in [0.717, 1.165) is 12.8 Å². The first kappa shape index (κ1) is 18.8. The van der Waals surface area contributed by atoms with E-state index >= 15 is 0 Å². The van der Waals surface area contributed by atoms with Crippen LogP contribution in [0.4, 0.5) is 8.78 Å². The van der Waals surface area contributed by atoms with Crippen molar-refractivity contribution < 1.29 is 26.7 Å². The monoisotopic (exact) mass is 362 g/mol. The standard InChI is InChI=1S/C15H20F2N2O4S/c16-14(17)9-18-15(20)12-3-5-13(6-4-12)24(21,22)19-8-11-2-1-7-23-10-11/h3-6,11,14,19H,1-2,7-10H2,(H,18,20). The highest BCUT2D eigenvalue weighted by Gasteiger charge is 2.19. The van der Waals surface area contributed by atoms with Gasteiger partial charge in [0.1, 0.15) is 0 Å². The second kappa shape index (κ2) is 8.50. The molecule has 134 valence electrons. The second-order valence-electron chi connectivity index (χ2n) is 5.56. The quantitative estimate of drug-likeness (QED) is 0.768. The molecule has 1 aromatic carbocycles. The van der Waals surface area contributed by atoms with E-state index in [2.05, 4.69) is 10.0 Å². The molecule has 1 unspecified atom stereocenters. The Labute approximate surface area is 139 Å². The molecule has 1 aliphatic heterocycles. The molecule has 0 radical (unpaired) electrons. The summed E-state index contributed by atoms with van der Waals surface area (Å²) in [6, 6.07) is 5.13. The van der Waals surface area contributed by atoms with Crippen molar-refractivity contribution in [3.63, 3.8) is 0 Å². The predicted molar refractivity (Wildman–Crippen MR) is 83.5 cm³/mol. The van der Waals surface area contributed by atoms with E-state index in [1.165, 1.54) is 24.3 Å². The fourth-order valence-corrected chi connectivity index (χ4v) is 3.45. The van der Waals surface area contributed by atoms with Crippen LogP contribution in [0.15, 0.2) is 29.2 Å². The SMILES string of the molecule is O=C(NCC(F)F)c1ccc(S(=O)(=O)NCC2CCCOC2)cc1. The molecule has 0 aromatic heterocycles. The molecule has 1 aromatic rings. The van der Waals surface area contributed by atoms with E-state index < -0.39 is 28.9 Å². The normalized spacial score (nSPS) is 18.5. The summed E-state index contributed by atoms with van der Waals surface area (Å²) in [4.78, 5) is 11.6. The smallest absolute Gasteiger partial charge is 0.255 e. The molecule has 1 amide bonds. The Kier molecular flexibility index (Phi) is 6.64. The molecule has 1 aliphatic rings. The third kappa shape index (κ3) is 5.50. The van der Waals surface area contributed by atoms with E-state index in [4.69, 9.17) is 4.74 Å². The number of nitrogens with one attached hydrogen (secondary N) is 2. The van der Waals surface area contributed by atoms with Crippen molar-refractivity contribution in [2.45, 2.75) is 24.2 Å². The van der Waals surface area contributed by atoms with Gasteiger partial charge in [0.15, 0.2) is 0 Å². The number of hydrogen-bond acceptors (Lipinski definition) is 4. The number of halogens is 2. The van der Waals surface area contributed by atoms with Gasteiger partial charge in [-0.05, 0) is 43.0 Å². The maximum absolute atomic E-state index is 12.2. The first-order valence-corrected chi connectivity index (χ1v) is 9.10. The molecule has 1 atom stereocenters. The molecule has 9 heteroatoms. The number of ether oxygens (including phenoxy) is 1. The average molecular weight is 362 g/mol. The molecule has 6 nitrogen and oxygen atoms in total. The Hall–Kier alpha value is -1.58. The zero-order valence-electron chi connectivity index (χ0n) is 13.0. The van der Waals surface area contributed by atoms with Crippen molar-refractivity contribution in [2.24, 2.45) is 5.92 Å². The highest BCUT2D eigenvalue weighted by Crippen LogP contribution is 2.15. The van der Waals surface area contributed by atoms with Crippen molar-refractivity contribution in [3.8, 4) is 0 Å². The molecular weight excluding hydrogens is 342 g/mol. The number of amides is 1. The first-order chi connectivity index (χ1) is 11.4. The molecule has 0 bridgehead atoms. The van der Waals surface area contributed by atoms with Crippen LogP contribution < -0.4 is 10.0 Å². The Morgan fingerprint density at radius 3 is 2.58 bits per heavy atom. The number of sulfonamides is 1. The minimum absolute atomic E-state index is 0.0182. The largest absolute Gasteiger partial charge is 0.381 e. The minimum atomic E-state index is -3.69. The van der Waals surface area contributed by atoms with Crippen LogP contribution in [0.5, 0.6) is 0 Å². The lowest BCUT2D eigenvalue weighted by Crippen LogP contribution is -2.33. The molecule has 1 heterocycles. The fraction of sp³-hybridized carbons (Fsp3) is 0.533. The summed E-state index contributed by atoms with van der Waals surface area (Å²) in [7, 11) is -3.69. The summed E-state index contributed by atoms with van der Waals surface area (Å²) >= 11 is 0. The van der Waals surface area contributed by atoms with E-state index in [-0.39, 0.29) is 16.4 Å². The number of carbonyl (C=O) groups excluding carboxylic acids is 1. The maximum atomic E-state index is 12.2. The van der Waals surface area contributed by atoms with Gasteiger partial charge in [-0.2, -0.15) is 0 Å². The van der Waals surface area contributed by atoms with Gasteiger partial charge in [0, 0.05) is 18.7 Å². The molecule has 1 fully saturated rings. The summed E-state index contributed by atoms with van der Waals surface area (Å²) in [5.74, 6) is -0.528. The Balaban J connectivity index is 1.94. The van der Waals surface area contributed by atoms with Crippen LogP contribution >= 0.6 is 0 Å². The maximum Gasteiger partial charge on any atom is 0.255 e. The van der Waals surface area contributed by atoms with Gasteiger partial charge < -0.3 is 10.1 Å². The van der Waals surface area contributed by atoms with Gasteiger partial charge in [-0.1, -0.05) is 0 Å². The van der Waals surface area contributed by atoms with Gasteiger partial charge in [0.05, 0.1) is 18.0 Å². The summed E-state index contributed by atoms with van der Waals surface area (Å²) < 4.78 is 56.4. The van der Waals surface area contributed by atoms with Gasteiger partial charge >= 0.3 is 0 Å². The Morgan fingerprint density at radius 2 is 2.00 bits per heavy atom. The summed E-state index contributed by atoms with van der Waals surface area (Å²) in [6.07, 6.45) is -0.817. The van der Waals surface area contributed by atoms with Crippen molar-refractivity contribution in [2.75, 3.05) is 26.3 Å². The van der Waals surface area contributed by atoms with Crippen LogP contribution in [0, 0.1) is 5.92 Å². The molecular formula is C15H20F2N2O4S.